The molecule has 8 nitrogen and oxygen atoms in total. The molecule has 5 aromatic rings. The maximum absolute atomic E-state index is 12.4. The van der Waals surface area contributed by atoms with Gasteiger partial charge >= 0.3 is 5.63 Å². The van der Waals surface area contributed by atoms with E-state index in [1.807, 2.05) is 50.2 Å². The second-order valence-corrected chi connectivity index (χ2v) is 7.67. The Morgan fingerprint density at radius 2 is 1.88 bits per heavy atom. The van der Waals surface area contributed by atoms with Gasteiger partial charge in [0.1, 0.15) is 11.3 Å². The number of rotatable bonds is 5. The fourth-order valence-corrected chi connectivity index (χ4v) is 3.70. The van der Waals surface area contributed by atoms with Crippen LogP contribution in [0.4, 0.5) is 5.69 Å². The van der Waals surface area contributed by atoms with E-state index in [1.54, 1.807) is 29.1 Å². The number of nitrogens with zero attached hydrogens (tertiary/aromatic N) is 3. The van der Waals surface area contributed by atoms with Gasteiger partial charge in [-0.05, 0) is 49.7 Å². The zero-order chi connectivity index (χ0) is 22.9. The summed E-state index contributed by atoms with van der Waals surface area (Å²) in [6.45, 7) is 3.53. The summed E-state index contributed by atoms with van der Waals surface area (Å²) in [5.41, 5.74) is 3.78. The normalized spacial score (nSPS) is 11.1. The second-order valence-electron chi connectivity index (χ2n) is 7.67. The van der Waals surface area contributed by atoms with Crippen molar-refractivity contribution in [2.24, 2.45) is 0 Å². The Labute approximate surface area is 188 Å². The first-order valence-corrected chi connectivity index (χ1v) is 10.4. The molecule has 0 aliphatic carbocycles. The number of aryl methyl sites for hydroxylation is 2. The van der Waals surface area contributed by atoms with Crippen molar-refractivity contribution < 1.29 is 13.9 Å². The molecule has 1 N–H and O–H groups in total. The molecule has 0 bridgehead atoms. The highest BCUT2D eigenvalue weighted by Crippen LogP contribution is 2.24. The summed E-state index contributed by atoms with van der Waals surface area (Å²) in [4.78, 5) is 28.6. The summed E-state index contributed by atoms with van der Waals surface area (Å²) in [6, 6.07) is 18.2. The zero-order valence-electron chi connectivity index (χ0n) is 18.0. The molecular weight excluding hydrogens is 420 g/mol. The molecule has 33 heavy (non-hydrogen) atoms. The predicted octanol–water partition coefficient (Wildman–Crippen LogP) is 4.16. The van der Waals surface area contributed by atoms with Gasteiger partial charge in [0, 0.05) is 22.9 Å². The molecule has 0 saturated heterocycles. The molecule has 3 aromatic heterocycles. The maximum Gasteiger partial charge on any atom is 0.336 e. The van der Waals surface area contributed by atoms with Crippen molar-refractivity contribution in [3.05, 3.63) is 88.5 Å². The molecule has 0 spiro atoms. The Hall–Kier alpha value is -4.46. The fourth-order valence-electron chi connectivity index (χ4n) is 3.70. The van der Waals surface area contributed by atoms with E-state index in [2.05, 4.69) is 15.4 Å². The number of para-hydroxylation sites is 1. The van der Waals surface area contributed by atoms with Crippen LogP contribution < -0.4 is 15.7 Å². The minimum Gasteiger partial charge on any atom is -0.484 e. The minimum atomic E-state index is -0.427. The van der Waals surface area contributed by atoms with Crippen LogP contribution in [-0.4, -0.2) is 27.3 Å². The summed E-state index contributed by atoms with van der Waals surface area (Å²) >= 11 is 0. The topological polar surface area (TPSA) is 99.2 Å². The molecule has 0 unspecified atom stereocenters. The quantitative estimate of drug-likeness (QED) is 0.412. The largest absolute Gasteiger partial charge is 0.484 e. The Kier molecular flexibility index (Phi) is 5.10. The van der Waals surface area contributed by atoms with E-state index in [-0.39, 0.29) is 12.5 Å². The number of carbonyl (C=O) groups is 1. The van der Waals surface area contributed by atoms with Gasteiger partial charge in [-0.1, -0.05) is 18.2 Å². The number of benzene rings is 2. The lowest BCUT2D eigenvalue weighted by Crippen LogP contribution is -2.20. The monoisotopic (exact) mass is 440 g/mol. The lowest BCUT2D eigenvalue weighted by Gasteiger charge is -2.09. The molecule has 0 atom stereocenters. The molecule has 5 rings (SSSR count). The van der Waals surface area contributed by atoms with Gasteiger partial charge < -0.3 is 14.5 Å². The second kappa shape index (κ2) is 8.23. The number of aromatic nitrogens is 3. The number of hydrogen-bond donors (Lipinski definition) is 1. The Morgan fingerprint density at radius 1 is 1.06 bits per heavy atom. The summed E-state index contributed by atoms with van der Waals surface area (Å²) in [6.07, 6.45) is 1.59. The van der Waals surface area contributed by atoms with Crippen molar-refractivity contribution >= 4 is 33.6 Å². The zero-order valence-corrected chi connectivity index (χ0v) is 18.0. The van der Waals surface area contributed by atoms with Crippen molar-refractivity contribution in [1.82, 2.24) is 14.8 Å². The molecule has 0 saturated carbocycles. The molecule has 3 heterocycles. The lowest BCUT2D eigenvalue weighted by atomic mass is 10.1. The number of nitrogens with one attached hydrogen (secondary N) is 1. The fraction of sp³-hybridized carbons (Fsp3) is 0.120. The van der Waals surface area contributed by atoms with E-state index < -0.39 is 5.63 Å². The van der Waals surface area contributed by atoms with Crippen LogP contribution in [0.25, 0.3) is 27.7 Å². The van der Waals surface area contributed by atoms with Gasteiger partial charge in [-0.15, -0.1) is 0 Å². The van der Waals surface area contributed by atoms with E-state index in [1.165, 1.54) is 6.07 Å². The number of carbonyl (C=O) groups excluding carboxylic acids is 1. The van der Waals surface area contributed by atoms with Crippen molar-refractivity contribution in [1.29, 1.82) is 0 Å². The molecule has 0 aliphatic rings. The van der Waals surface area contributed by atoms with Gasteiger partial charge in [0.15, 0.2) is 12.3 Å². The Balaban J connectivity index is 1.31. The first kappa shape index (κ1) is 20.4. The molecule has 164 valence electrons. The standard InChI is InChI=1S/C25H20N4O4/c1-15-10-24(31)33-22-12-19(8-9-20(15)22)32-14-23(30)27-17-11-21-16(2)28-29(25(21)26-13-17)18-6-4-3-5-7-18/h3-13H,14H2,1-2H3,(H,27,30). The van der Waals surface area contributed by atoms with Gasteiger partial charge in [0.25, 0.3) is 5.91 Å². The molecular formula is C25H20N4O4. The first-order valence-electron chi connectivity index (χ1n) is 10.4. The van der Waals surface area contributed by atoms with Crippen LogP contribution in [0, 0.1) is 13.8 Å². The van der Waals surface area contributed by atoms with Crippen LogP contribution in [0.15, 0.2) is 76.1 Å². The van der Waals surface area contributed by atoms with E-state index >= 15 is 0 Å². The van der Waals surface area contributed by atoms with E-state index in [4.69, 9.17) is 9.15 Å². The number of pyridine rings is 1. The van der Waals surface area contributed by atoms with Gasteiger partial charge in [-0.2, -0.15) is 5.10 Å². The van der Waals surface area contributed by atoms with Crippen molar-refractivity contribution in [3.8, 4) is 11.4 Å². The third-order valence-electron chi connectivity index (χ3n) is 5.28. The number of amides is 1. The highest BCUT2D eigenvalue weighted by molar-refractivity contribution is 5.94. The average molecular weight is 440 g/mol. The third kappa shape index (κ3) is 4.06. The third-order valence-corrected chi connectivity index (χ3v) is 5.28. The maximum atomic E-state index is 12.4. The van der Waals surface area contributed by atoms with E-state index in [9.17, 15) is 9.59 Å². The van der Waals surface area contributed by atoms with Crippen LogP contribution in [-0.2, 0) is 4.79 Å². The van der Waals surface area contributed by atoms with Crippen LogP contribution >= 0.6 is 0 Å². The number of hydrogen-bond acceptors (Lipinski definition) is 6. The van der Waals surface area contributed by atoms with Gasteiger partial charge in [-0.3, -0.25) is 4.79 Å². The van der Waals surface area contributed by atoms with E-state index in [0.29, 0.717) is 22.7 Å². The first-order chi connectivity index (χ1) is 16.0. The number of ether oxygens (including phenoxy) is 1. The van der Waals surface area contributed by atoms with Crippen LogP contribution in [0.1, 0.15) is 11.3 Å². The highest BCUT2D eigenvalue weighted by atomic mass is 16.5. The van der Waals surface area contributed by atoms with Crippen molar-refractivity contribution in [3.63, 3.8) is 0 Å². The molecule has 1 amide bonds. The van der Waals surface area contributed by atoms with Crippen LogP contribution in [0.2, 0.25) is 0 Å². The predicted molar refractivity (Wildman–Crippen MR) is 125 cm³/mol. The van der Waals surface area contributed by atoms with Crippen LogP contribution in [0.3, 0.4) is 0 Å². The molecule has 8 heteroatoms. The van der Waals surface area contributed by atoms with Gasteiger partial charge in [0.2, 0.25) is 0 Å². The van der Waals surface area contributed by atoms with Crippen molar-refractivity contribution in [2.75, 3.05) is 11.9 Å². The summed E-state index contributed by atoms with van der Waals surface area (Å²) < 4.78 is 12.6. The molecule has 0 fully saturated rings. The smallest absolute Gasteiger partial charge is 0.336 e. The van der Waals surface area contributed by atoms with Gasteiger partial charge in [0.05, 0.1) is 23.3 Å². The summed E-state index contributed by atoms with van der Waals surface area (Å²) in [5.74, 6) is 0.0926. The SMILES string of the molecule is Cc1cc(=O)oc2cc(OCC(=O)Nc3cnc4c(c3)c(C)nn4-c3ccccc3)ccc12. The summed E-state index contributed by atoms with van der Waals surface area (Å²) in [5, 5.41) is 9.04. The van der Waals surface area contributed by atoms with Gasteiger partial charge in [-0.25, -0.2) is 14.5 Å². The number of anilines is 1. The number of fused-ring (bicyclic) bond motifs is 2. The van der Waals surface area contributed by atoms with Crippen LogP contribution in [0.5, 0.6) is 5.75 Å². The molecule has 0 radical (unpaired) electrons. The average Bonchev–Trinajstić information content (AvgIpc) is 3.14. The minimum absolute atomic E-state index is 0.206. The summed E-state index contributed by atoms with van der Waals surface area (Å²) in [7, 11) is 0. The van der Waals surface area contributed by atoms with E-state index in [0.717, 1.165) is 27.7 Å². The Bertz CT molecular complexity index is 1550. The molecule has 0 aliphatic heterocycles. The lowest BCUT2D eigenvalue weighted by molar-refractivity contribution is -0.118. The highest BCUT2D eigenvalue weighted by Gasteiger charge is 2.13. The molecule has 2 aromatic carbocycles. The van der Waals surface area contributed by atoms with Crippen molar-refractivity contribution in [2.45, 2.75) is 13.8 Å². The Morgan fingerprint density at radius 3 is 2.70 bits per heavy atom.